The van der Waals surface area contributed by atoms with E-state index in [0.29, 0.717) is 23.9 Å². The van der Waals surface area contributed by atoms with Gasteiger partial charge in [-0.25, -0.2) is 5.43 Å². The summed E-state index contributed by atoms with van der Waals surface area (Å²) < 4.78 is 5.74. The lowest BCUT2D eigenvalue weighted by atomic mass is 10.2. The maximum Gasteiger partial charge on any atom is 0.329 e. The number of rotatable bonds is 8. The van der Waals surface area contributed by atoms with E-state index in [0.717, 1.165) is 24.0 Å². The molecule has 2 amide bonds. The summed E-state index contributed by atoms with van der Waals surface area (Å²) in [7, 11) is 0. The number of carbonyl (C=O) groups excluding carboxylic acids is 2. The number of ether oxygens (including phenoxy) is 1. The zero-order valence-electron chi connectivity index (χ0n) is 15.1. The van der Waals surface area contributed by atoms with E-state index in [1.807, 2.05) is 49.4 Å². The summed E-state index contributed by atoms with van der Waals surface area (Å²) in [5.41, 5.74) is 3.94. The van der Waals surface area contributed by atoms with Gasteiger partial charge in [0.25, 0.3) is 0 Å². The van der Waals surface area contributed by atoms with Crippen molar-refractivity contribution in [2.45, 2.75) is 26.4 Å². The van der Waals surface area contributed by atoms with Gasteiger partial charge in [-0.05, 0) is 41.8 Å². The normalized spacial score (nSPS) is 10.6. The van der Waals surface area contributed by atoms with Gasteiger partial charge in [-0.15, -0.1) is 0 Å². The summed E-state index contributed by atoms with van der Waals surface area (Å²) >= 11 is 5.86. The molecule has 0 aliphatic carbocycles. The molecule has 0 aromatic heterocycles. The fourth-order valence-corrected chi connectivity index (χ4v) is 2.23. The first kappa shape index (κ1) is 20.5. The molecule has 27 heavy (non-hydrogen) atoms. The van der Waals surface area contributed by atoms with Crippen LogP contribution in [0, 0.1) is 0 Å². The second-order valence-electron chi connectivity index (χ2n) is 5.80. The molecule has 0 heterocycles. The Bertz CT molecular complexity index is 791. The Morgan fingerprint density at radius 3 is 2.67 bits per heavy atom. The van der Waals surface area contributed by atoms with Crippen molar-refractivity contribution in [1.82, 2.24) is 10.7 Å². The third-order valence-corrected chi connectivity index (χ3v) is 3.83. The topological polar surface area (TPSA) is 79.8 Å². The summed E-state index contributed by atoms with van der Waals surface area (Å²) in [5, 5.41) is 7.01. The molecule has 0 fully saturated rings. The number of carbonyl (C=O) groups is 2. The number of benzene rings is 2. The molecule has 0 aliphatic heterocycles. The van der Waals surface area contributed by atoms with Crippen LogP contribution in [0.1, 0.15) is 30.9 Å². The molecular weight excluding hydrogens is 366 g/mol. The SMILES string of the molecule is CCCCNC(=O)C(=O)N/N=C\c1cccc(OCc2ccc(Cl)cc2)c1. The Hall–Kier alpha value is -2.86. The van der Waals surface area contributed by atoms with Crippen LogP contribution in [0.4, 0.5) is 0 Å². The molecule has 0 atom stereocenters. The smallest absolute Gasteiger partial charge is 0.329 e. The largest absolute Gasteiger partial charge is 0.489 e. The molecule has 2 N–H and O–H groups in total. The molecule has 0 saturated heterocycles. The van der Waals surface area contributed by atoms with Crippen LogP contribution in [0.25, 0.3) is 0 Å². The average molecular weight is 388 g/mol. The Labute approximate surface area is 163 Å². The molecule has 2 aromatic carbocycles. The van der Waals surface area contributed by atoms with E-state index < -0.39 is 11.8 Å². The summed E-state index contributed by atoms with van der Waals surface area (Å²) in [6.45, 7) is 2.88. The number of hydrogen-bond donors (Lipinski definition) is 2. The molecule has 6 nitrogen and oxygen atoms in total. The van der Waals surface area contributed by atoms with Crippen molar-refractivity contribution in [1.29, 1.82) is 0 Å². The van der Waals surface area contributed by atoms with E-state index in [9.17, 15) is 9.59 Å². The van der Waals surface area contributed by atoms with Crippen molar-refractivity contribution in [3.8, 4) is 5.75 Å². The fourth-order valence-electron chi connectivity index (χ4n) is 2.11. The molecular formula is C20H22ClN3O3. The van der Waals surface area contributed by atoms with Crippen molar-refractivity contribution < 1.29 is 14.3 Å². The number of nitrogens with one attached hydrogen (secondary N) is 2. The summed E-state index contributed by atoms with van der Waals surface area (Å²) in [6, 6.07) is 14.7. The van der Waals surface area contributed by atoms with Crippen molar-refractivity contribution in [2.24, 2.45) is 5.10 Å². The molecule has 7 heteroatoms. The van der Waals surface area contributed by atoms with Gasteiger partial charge in [-0.3, -0.25) is 9.59 Å². The summed E-state index contributed by atoms with van der Waals surface area (Å²) in [6.07, 6.45) is 3.22. The van der Waals surface area contributed by atoms with E-state index in [1.54, 1.807) is 6.07 Å². The van der Waals surface area contributed by atoms with Crippen LogP contribution < -0.4 is 15.5 Å². The van der Waals surface area contributed by atoms with Gasteiger partial charge in [0, 0.05) is 11.6 Å². The predicted octanol–water partition coefficient (Wildman–Crippen LogP) is 3.29. The third kappa shape index (κ3) is 7.50. The fraction of sp³-hybridized carbons (Fsp3) is 0.250. The van der Waals surface area contributed by atoms with Crippen LogP contribution in [-0.4, -0.2) is 24.6 Å². The highest BCUT2D eigenvalue weighted by Crippen LogP contribution is 2.15. The van der Waals surface area contributed by atoms with Gasteiger partial charge in [-0.2, -0.15) is 5.10 Å². The molecule has 0 saturated carbocycles. The second-order valence-corrected chi connectivity index (χ2v) is 6.23. The van der Waals surface area contributed by atoms with Gasteiger partial charge < -0.3 is 10.1 Å². The zero-order chi connectivity index (χ0) is 19.5. The van der Waals surface area contributed by atoms with E-state index in [2.05, 4.69) is 15.8 Å². The van der Waals surface area contributed by atoms with Crippen molar-refractivity contribution in [3.63, 3.8) is 0 Å². The van der Waals surface area contributed by atoms with Crippen molar-refractivity contribution >= 4 is 29.6 Å². The Morgan fingerprint density at radius 1 is 1.15 bits per heavy atom. The van der Waals surface area contributed by atoms with Crippen molar-refractivity contribution in [3.05, 3.63) is 64.7 Å². The van der Waals surface area contributed by atoms with E-state index in [-0.39, 0.29) is 0 Å². The standard InChI is InChI=1S/C20H22ClN3O3/c1-2-3-11-22-19(25)20(26)24-23-13-16-5-4-6-18(12-16)27-14-15-7-9-17(21)10-8-15/h4-10,12-13H,2-3,11,14H2,1H3,(H,22,25)(H,24,26)/b23-13-. The first-order valence-corrected chi connectivity index (χ1v) is 9.05. The molecule has 0 bridgehead atoms. The average Bonchev–Trinajstić information content (AvgIpc) is 2.68. The number of nitrogens with zero attached hydrogens (tertiary/aromatic N) is 1. The molecule has 142 valence electrons. The Kier molecular flexibility index (Phi) is 8.32. The van der Waals surface area contributed by atoms with Crippen LogP contribution in [-0.2, 0) is 16.2 Å². The van der Waals surface area contributed by atoms with Crippen LogP contribution >= 0.6 is 11.6 Å². The molecule has 0 radical (unpaired) electrons. The van der Waals surface area contributed by atoms with E-state index in [1.165, 1.54) is 6.21 Å². The van der Waals surface area contributed by atoms with Gasteiger partial charge in [-0.1, -0.05) is 49.2 Å². The lowest BCUT2D eigenvalue weighted by Gasteiger charge is -2.07. The summed E-state index contributed by atoms with van der Waals surface area (Å²) in [5.74, 6) is -0.823. The number of amides is 2. The number of hydrazone groups is 1. The number of unbranched alkanes of at least 4 members (excludes halogenated alkanes) is 1. The van der Waals surface area contributed by atoms with Gasteiger partial charge in [0.2, 0.25) is 0 Å². The van der Waals surface area contributed by atoms with Gasteiger partial charge in [0.15, 0.2) is 0 Å². The minimum atomic E-state index is -0.794. The third-order valence-electron chi connectivity index (χ3n) is 3.58. The number of hydrogen-bond acceptors (Lipinski definition) is 4. The van der Waals surface area contributed by atoms with Crippen LogP contribution in [0.2, 0.25) is 5.02 Å². The molecule has 2 rings (SSSR count). The second kappa shape index (κ2) is 11.0. The highest BCUT2D eigenvalue weighted by atomic mass is 35.5. The summed E-state index contributed by atoms with van der Waals surface area (Å²) in [4.78, 5) is 23.1. The molecule has 0 spiro atoms. The lowest BCUT2D eigenvalue weighted by molar-refractivity contribution is -0.139. The molecule has 0 unspecified atom stereocenters. The highest BCUT2D eigenvalue weighted by Gasteiger charge is 2.10. The Morgan fingerprint density at radius 2 is 1.93 bits per heavy atom. The predicted molar refractivity (Wildman–Crippen MR) is 106 cm³/mol. The number of halogens is 1. The zero-order valence-corrected chi connectivity index (χ0v) is 15.8. The molecule has 2 aromatic rings. The van der Waals surface area contributed by atoms with E-state index >= 15 is 0 Å². The van der Waals surface area contributed by atoms with Crippen LogP contribution in [0.5, 0.6) is 5.75 Å². The van der Waals surface area contributed by atoms with Gasteiger partial charge >= 0.3 is 11.8 Å². The maximum atomic E-state index is 11.6. The minimum Gasteiger partial charge on any atom is -0.489 e. The van der Waals surface area contributed by atoms with Crippen LogP contribution in [0.3, 0.4) is 0 Å². The van der Waals surface area contributed by atoms with Gasteiger partial charge in [0.1, 0.15) is 12.4 Å². The maximum absolute atomic E-state index is 11.6. The highest BCUT2D eigenvalue weighted by molar-refractivity contribution is 6.35. The quantitative estimate of drug-likeness (QED) is 0.315. The monoisotopic (exact) mass is 387 g/mol. The minimum absolute atomic E-state index is 0.409. The first-order chi connectivity index (χ1) is 13.1. The van der Waals surface area contributed by atoms with Gasteiger partial charge in [0.05, 0.1) is 6.21 Å². The Balaban J connectivity index is 1.83. The first-order valence-electron chi connectivity index (χ1n) is 8.67. The van der Waals surface area contributed by atoms with E-state index in [4.69, 9.17) is 16.3 Å². The van der Waals surface area contributed by atoms with Crippen LogP contribution in [0.15, 0.2) is 53.6 Å². The lowest BCUT2D eigenvalue weighted by Crippen LogP contribution is -2.38. The van der Waals surface area contributed by atoms with Crippen molar-refractivity contribution in [2.75, 3.05) is 6.54 Å². The molecule has 0 aliphatic rings.